The fourth-order valence-electron chi connectivity index (χ4n) is 6.48. The van der Waals surface area contributed by atoms with Crippen LogP contribution in [-0.4, -0.2) is 37.0 Å². The van der Waals surface area contributed by atoms with Gasteiger partial charge in [-0.05, 0) is 48.7 Å². The van der Waals surface area contributed by atoms with Crippen LogP contribution in [0, 0.1) is 40.9 Å². The van der Waals surface area contributed by atoms with Gasteiger partial charge in [-0.2, -0.15) is 5.26 Å². The average molecular weight is 457 g/mol. The Morgan fingerprint density at radius 3 is 2.56 bits per heavy atom. The van der Waals surface area contributed by atoms with Gasteiger partial charge in [0.15, 0.2) is 18.1 Å². The van der Waals surface area contributed by atoms with Crippen LogP contribution in [0.1, 0.15) is 12.0 Å². The molecular formula is C25H19N3O6. The first kappa shape index (κ1) is 19.4. The minimum Gasteiger partial charge on any atom is -0.479 e. The molecule has 6 atom stereocenters. The van der Waals surface area contributed by atoms with E-state index < -0.39 is 0 Å². The Morgan fingerprint density at radius 2 is 1.76 bits per heavy atom. The molecule has 0 N–H and O–H groups in total. The van der Waals surface area contributed by atoms with Gasteiger partial charge in [-0.15, -0.1) is 0 Å². The molecular weight excluding hydrogens is 438 g/mol. The number of fused-ring (bicyclic) bond motifs is 9. The van der Waals surface area contributed by atoms with Crippen molar-refractivity contribution >= 4 is 23.2 Å². The fourth-order valence-corrected chi connectivity index (χ4v) is 6.48. The quantitative estimate of drug-likeness (QED) is 0.649. The molecule has 2 amide bonds. The lowest BCUT2D eigenvalue weighted by molar-refractivity contribution is -0.125. The highest BCUT2D eigenvalue weighted by Gasteiger charge is 2.70. The van der Waals surface area contributed by atoms with Crippen LogP contribution in [0.3, 0.4) is 0 Å². The SMILES string of the molecule is N#CCOc1ccc(C2=NO[C@H]3[C@H]4C[C@@H]([C@@H]23)[C@@H]2C(=O)N(c3ccc5c(c3)OCO5)C(=O)[C@H]42)cc1. The summed E-state index contributed by atoms with van der Waals surface area (Å²) in [6, 6.07) is 14.5. The molecule has 1 saturated heterocycles. The third-order valence-electron chi connectivity index (χ3n) is 7.76. The molecule has 0 spiro atoms. The maximum Gasteiger partial charge on any atom is 0.238 e. The van der Waals surface area contributed by atoms with Crippen LogP contribution in [0.15, 0.2) is 47.6 Å². The molecule has 170 valence electrons. The van der Waals surface area contributed by atoms with Crippen molar-refractivity contribution < 1.29 is 28.6 Å². The minimum absolute atomic E-state index is 0.00812. The second-order valence-corrected chi connectivity index (χ2v) is 9.21. The number of hydrogen-bond acceptors (Lipinski definition) is 8. The number of carbonyl (C=O) groups is 2. The first-order valence-corrected chi connectivity index (χ1v) is 11.3. The number of hydrogen-bond donors (Lipinski definition) is 0. The topological polar surface area (TPSA) is 110 Å². The molecule has 0 radical (unpaired) electrons. The van der Waals surface area contributed by atoms with Gasteiger partial charge in [0.05, 0.1) is 23.2 Å². The highest BCUT2D eigenvalue weighted by molar-refractivity contribution is 6.23. The Kier molecular flexibility index (Phi) is 3.98. The number of anilines is 1. The monoisotopic (exact) mass is 457 g/mol. The van der Waals surface area contributed by atoms with Gasteiger partial charge in [-0.1, -0.05) is 5.16 Å². The fraction of sp³-hybridized carbons (Fsp3) is 0.360. The van der Waals surface area contributed by atoms with Crippen molar-refractivity contribution in [1.29, 1.82) is 5.26 Å². The van der Waals surface area contributed by atoms with Crippen LogP contribution in [0.4, 0.5) is 5.69 Å². The van der Waals surface area contributed by atoms with Gasteiger partial charge in [0, 0.05) is 23.5 Å². The number of rotatable bonds is 4. The lowest BCUT2D eigenvalue weighted by Gasteiger charge is -2.29. The lowest BCUT2D eigenvalue weighted by Crippen LogP contribution is -2.41. The average Bonchev–Trinajstić information content (AvgIpc) is 3.65. The van der Waals surface area contributed by atoms with Crippen LogP contribution in [0.25, 0.3) is 0 Å². The highest BCUT2D eigenvalue weighted by atomic mass is 16.7. The Balaban J connectivity index is 1.17. The Bertz CT molecular complexity index is 1300. The number of oxime groups is 1. The summed E-state index contributed by atoms with van der Waals surface area (Å²) in [5.74, 6) is 0.555. The van der Waals surface area contributed by atoms with Gasteiger partial charge >= 0.3 is 0 Å². The summed E-state index contributed by atoms with van der Waals surface area (Å²) in [6.45, 7) is 0.112. The number of amides is 2. The molecule has 2 saturated carbocycles. The van der Waals surface area contributed by atoms with E-state index in [-0.39, 0.29) is 60.9 Å². The van der Waals surface area contributed by atoms with E-state index in [1.165, 1.54) is 4.90 Å². The van der Waals surface area contributed by atoms with Crippen LogP contribution >= 0.6 is 0 Å². The molecule has 3 fully saturated rings. The predicted octanol–water partition coefficient (Wildman–Crippen LogP) is 2.49. The molecule has 0 aromatic heterocycles. The van der Waals surface area contributed by atoms with Crippen molar-refractivity contribution in [2.75, 3.05) is 18.3 Å². The summed E-state index contributed by atoms with van der Waals surface area (Å²) in [5, 5.41) is 13.1. The largest absolute Gasteiger partial charge is 0.479 e. The number of ether oxygens (including phenoxy) is 3. The number of nitriles is 1. The van der Waals surface area contributed by atoms with E-state index in [1.807, 2.05) is 18.2 Å². The second-order valence-electron chi connectivity index (χ2n) is 9.21. The van der Waals surface area contributed by atoms with Crippen molar-refractivity contribution in [1.82, 2.24) is 0 Å². The van der Waals surface area contributed by atoms with E-state index >= 15 is 0 Å². The maximum absolute atomic E-state index is 13.6. The Labute approximate surface area is 194 Å². The number of benzene rings is 2. The number of imide groups is 1. The lowest BCUT2D eigenvalue weighted by atomic mass is 9.71. The van der Waals surface area contributed by atoms with E-state index in [9.17, 15) is 9.59 Å². The Hall–Kier alpha value is -4.06. The van der Waals surface area contributed by atoms with Crippen molar-refractivity contribution in [3.63, 3.8) is 0 Å². The molecule has 3 heterocycles. The number of carbonyl (C=O) groups excluding carboxylic acids is 2. The molecule has 2 aliphatic carbocycles. The van der Waals surface area contributed by atoms with Crippen LogP contribution < -0.4 is 19.1 Å². The molecule has 9 nitrogen and oxygen atoms in total. The van der Waals surface area contributed by atoms with E-state index in [0.29, 0.717) is 22.9 Å². The first-order chi connectivity index (χ1) is 16.7. The zero-order valence-electron chi connectivity index (χ0n) is 17.9. The molecule has 2 aromatic rings. The van der Waals surface area contributed by atoms with E-state index in [4.69, 9.17) is 24.3 Å². The third-order valence-corrected chi connectivity index (χ3v) is 7.76. The summed E-state index contributed by atoms with van der Waals surface area (Å²) in [6.07, 6.45) is 0.573. The summed E-state index contributed by atoms with van der Waals surface area (Å²) in [7, 11) is 0. The van der Waals surface area contributed by atoms with Gasteiger partial charge in [0.25, 0.3) is 0 Å². The van der Waals surface area contributed by atoms with Gasteiger partial charge in [0.1, 0.15) is 17.9 Å². The van der Waals surface area contributed by atoms with E-state index in [0.717, 1.165) is 17.7 Å². The molecule has 9 heteroatoms. The summed E-state index contributed by atoms with van der Waals surface area (Å²) >= 11 is 0. The highest BCUT2D eigenvalue weighted by Crippen LogP contribution is 2.62. The van der Waals surface area contributed by atoms with Crippen LogP contribution in [0.2, 0.25) is 0 Å². The molecule has 5 aliphatic rings. The molecule has 3 aliphatic heterocycles. The van der Waals surface area contributed by atoms with Gasteiger partial charge in [-0.3, -0.25) is 9.59 Å². The summed E-state index contributed by atoms with van der Waals surface area (Å²) in [4.78, 5) is 34.2. The van der Waals surface area contributed by atoms with Crippen molar-refractivity contribution in [2.24, 2.45) is 34.7 Å². The Morgan fingerprint density at radius 1 is 1.00 bits per heavy atom. The summed E-state index contributed by atoms with van der Waals surface area (Å²) < 4.78 is 16.1. The molecule has 7 rings (SSSR count). The van der Waals surface area contributed by atoms with Crippen molar-refractivity contribution in [3.8, 4) is 23.3 Å². The van der Waals surface area contributed by atoms with Gasteiger partial charge in [-0.25, -0.2) is 4.90 Å². The third kappa shape index (κ3) is 2.51. The zero-order chi connectivity index (χ0) is 23.0. The van der Waals surface area contributed by atoms with Crippen molar-refractivity contribution in [3.05, 3.63) is 48.0 Å². The van der Waals surface area contributed by atoms with Gasteiger partial charge in [0.2, 0.25) is 18.6 Å². The smallest absolute Gasteiger partial charge is 0.238 e. The maximum atomic E-state index is 13.6. The minimum atomic E-state index is -0.388. The number of nitrogens with zero attached hydrogens (tertiary/aromatic N) is 3. The second kappa shape index (κ2) is 6.97. The molecule has 2 aromatic carbocycles. The summed E-state index contributed by atoms with van der Waals surface area (Å²) in [5.41, 5.74) is 2.22. The van der Waals surface area contributed by atoms with Crippen LogP contribution in [-0.2, 0) is 14.4 Å². The molecule has 0 unspecified atom stereocenters. The predicted molar refractivity (Wildman–Crippen MR) is 116 cm³/mol. The van der Waals surface area contributed by atoms with E-state index in [2.05, 4.69) is 5.16 Å². The molecule has 34 heavy (non-hydrogen) atoms. The zero-order valence-corrected chi connectivity index (χ0v) is 17.9. The van der Waals surface area contributed by atoms with Crippen molar-refractivity contribution in [2.45, 2.75) is 12.5 Å². The first-order valence-electron chi connectivity index (χ1n) is 11.3. The van der Waals surface area contributed by atoms with Gasteiger partial charge < -0.3 is 19.0 Å². The normalized spacial score (nSPS) is 31.7. The standard InChI is InChI=1S/C25H19N3O6/c26-7-8-31-14-4-1-12(2-5-14)22-21-15-10-16(23(21)34-27-22)20-19(15)24(29)28(25(20)30)13-3-6-17-18(9-13)33-11-32-17/h1-6,9,15-16,19-21,23H,8,10-11H2/t15-,16+,19+,20-,21+,23+/m1/s1. The van der Waals surface area contributed by atoms with Crippen LogP contribution in [0.5, 0.6) is 17.2 Å². The van der Waals surface area contributed by atoms with E-state index in [1.54, 1.807) is 30.3 Å². The molecule has 2 bridgehead atoms.